The standard InChI is InChI=1S/C17H19F2N5O4/c18-13-7-11(24-10-12(9-21-22-20)28-16(24)25)8-14(19)15(13)23-3-1-17(2-4-23)26-5-6-27-17/h7-8,12H,1-6,9-10H2/t12-/m0/s1. The van der Waals surface area contributed by atoms with E-state index >= 15 is 0 Å². The van der Waals surface area contributed by atoms with E-state index in [1.54, 1.807) is 4.90 Å². The molecule has 1 atom stereocenters. The maximum absolute atomic E-state index is 14.8. The van der Waals surface area contributed by atoms with Gasteiger partial charge in [-0.05, 0) is 5.53 Å². The van der Waals surface area contributed by atoms with Gasteiger partial charge in [0, 0.05) is 43.0 Å². The van der Waals surface area contributed by atoms with Gasteiger partial charge in [-0.15, -0.1) is 0 Å². The molecule has 1 spiro atoms. The van der Waals surface area contributed by atoms with Gasteiger partial charge >= 0.3 is 6.09 Å². The lowest BCUT2D eigenvalue weighted by Crippen LogP contribution is -2.45. The van der Waals surface area contributed by atoms with Crippen LogP contribution in [0, 0.1) is 11.6 Å². The fourth-order valence-electron chi connectivity index (χ4n) is 3.82. The summed E-state index contributed by atoms with van der Waals surface area (Å²) in [6.07, 6.45) is -0.348. The molecule has 1 aromatic rings. The van der Waals surface area contributed by atoms with Crippen LogP contribution in [0.25, 0.3) is 10.4 Å². The summed E-state index contributed by atoms with van der Waals surface area (Å²) in [5.41, 5.74) is 8.28. The molecule has 28 heavy (non-hydrogen) atoms. The minimum absolute atomic E-state index is 0.0402. The first kappa shape index (κ1) is 18.7. The van der Waals surface area contributed by atoms with Crippen molar-refractivity contribution in [2.75, 3.05) is 49.2 Å². The molecular formula is C17H19F2N5O4. The molecule has 150 valence electrons. The van der Waals surface area contributed by atoms with E-state index < -0.39 is 29.6 Å². The molecule has 0 unspecified atom stereocenters. The Morgan fingerprint density at radius 2 is 1.86 bits per heavy atom. The zero-order chi connectivity index (χ0) is 19.7. The van der Waals surface area contributed by atoms with E-state index in [2.05, 4.69) is 10.0 Å². The number of benzene rings is 1. The Balaban J connectivity index is 1.50. The Kier molecular flexibility index (Phi) is 4.96. The molecule has 0 aliphatic carbocycles. The maximum atomic E-state index is 14.8. The first-order valence-corrected chi connectivity index (χ1v) is 9.02. The van der Waals surface area contributed by atoms with Gasteiger partial charge in [-0.3, -0.25) is 4.90 Å². The summed E-state index contributed by atoms with van der Waals surface area (Å²) in [4.78, 5) is 17.3. The number of cyclic esters (lactones) is 1. The van der Waals surface area contributed by atoms with Gasteiger partial charge in [-0.25, -0.2) is 13.6 Å². The number of ether oxygens (including phenoxy) is 3. The second-order valence-corrected chi connectivity index (χ2v) is 6.88. The third kappa shape index (κ3) is 3.44. The van der Waals surface area contributed by atoms with E-state index in [1.807, 2.05) is 0 Å². The van der Waals surface area contributed by atoms with Crippen molar-refractivity contribution in [3.63, 3.8) is 0 Å². The summed E-state index contributed by atoms with van der Waals surface area (Å²) >= 11 is 0. The zero-order valence-electron chi connectivity index (χ0n) is 15.0. The SMILES string of the molecule is [N-]=[N+]=NC[C@H]1CN(c2cc(F)c(N3CCC4(CC3)OCCO4)c(F)c2)C(=O)O1. The van der Waals surface area contributed by atoms with Crippen LogP contribution in [0.5, 0.6) is 0 Å². The van der Waals surface area contributed by atoms with E-state index in [4.69, 9.17) is 19.7 Å². The highest BCUT2D eigenvalue weighted by Crippen LogP contribution is 2.36. The molecular weight excluding hydrogens is 376 g/mol. The first-order chi connectivity index (χ1) is 13.5. The van der Waals surface area contributed by atoms with Gasteiger partial charge < -0.3 is 19.1 Å². The number of hydrogen-bond acceptors (Lipinski definition) is 6. The predicted molar refractivity (Wildman–Crippen MR) is 94.1 cm³/mol. The van der Waals surface area contributed by atoms with Crippen LogP contribution in [0.4, 0.5) is 25.0 Å². The van der Waals surface area contributed by atoms with E-state index in [0.29, 0.717) is 39.1 Å². The molecule has 9 nitrogen and oxygen atoms in total. The lowest BCUT2D eigenvalue weighted by Gasteiger charge is -2.38. The molecule has 0 saturated carbocycles. The van der Waals surface area contributed by atoms with Crippen LogP contribution in [0.2, 0.25) is 0 Å². The summed E-state index contributed by atoms with van der Waals surface area (Å²) in [5.74, 6) is -2.15. The molecule has 4 rings (SSSR count). The maximum Gasteiger partial charge on any atom is 0.414 e. The first-order valence-electron chi connectivity index (χ1n) is 9.02. The van der Waals surface area contributed by atoms with Gasteiger partial charge in [-0.1, -0.05) is 5.11 Å². The largest absolute Gasteiger partial charge is 0.444 e. The summed E-state index contributed by atoms with van der Waals surface area (Å²) in [5, 5.41) is 3.36. The smallest absolute Gasteiger partial charge is 0.414 e. The molecule has 3 heterocycles. The Morgan fingerprint density at radius 3 is 2.46 bits per heavy atom. The summed E-state index contributed by atoms with van der Waals surface area (Å²) < 4.78 is 45.8. The number of halogens is 2. The minimum atomic E-state index is -0.759. The van der Waals surface area contributed by atoms with Gasteiger partial charge in [0.25, 0.3) is 0 Å². The third-order valence-corrected chi connectivity index (χ3v) is 5.19. The Morgan fingerprint density at radius 1 is 1.21 bits per heavy atom. The van der Waals surface area contributed by atoms with Gasteiger partial charge in [-0.2, -0.15) is 0 Å². The van der Waals surface area contributed by atoms with Gasteiger partial charge in [0.05, 0.1) is 32.0 Å². The second kappa shape index (κ2) is 7.42. The van der Waals surface area contributed by atoms with E-state index in [0.717, 1.165) is 17.0 Å². The number of carbonyl (C=O) groups is 1. The number of hydrogen-bond donors (Lipinski definition) is 0. The molecule has 3 aliphatic heterocycles. The normalized spacial score (nSPS) is 23.8. The van der Waals surface area contributed by atoms with Crippen LogP contribution < -0.4 is 9.80 Å². The molecule has 0 N–H and O–H groups in total. The number of anilines is 2. The fourth-order valence-corrected chi connectivity index (χ4v) is 3.82. The average Bonchev–Trinajstić information content (AvgIpc) is 3.28. The second-order valence-electron chi connectivity index (χ2n) is 6.88. The van der Waals surface area contributed by atoms with Crippen molar-refractivity contribution in [1.82, 2.24) is 0 Å². The van der Waals surface area contributed by atoms with Crippen molar-refractivity contribution in [3.8, 4) is 0 Å². The number of amides is 1. The Labute approximate surface area is 159 Å². The summed E-state index contributed by atoms with van der Waals surface area (Å²) in [6.45, 7) is 1.87. The summed E-state index contributed by atoms with van der Waals surface area (Å²) in [6, 6.07) is 2.23. The molecule has 1 aromatic carbocycles. The van der Waals surface area contributed by atoms with Crippen molar-refractivity contribution < 1.29 is 27.8 Å². The number of nitrogens with zero attached hydrogens (tertiary/aromatic N) is 5. The van der Waals surface area contributed by atoms with Crippen LogP contribution >= 0.6 is 0 Å². The Hall–Kier alpha value is -2.62. The van der Waals surface area contributed by atoms with Crippen molar-refractivity contribution in [1.29, 1.82) is 0 Å². The lowest BCUT2D eigenvalue weighted by molar-refractivity contribution is -0.169. The third-order valence-electron chi connectivity index (χ3n) is 5.19. The summed E-state index contributed by atoms with van der Waals surface area (Å²) in [7, 11) is 0. The van der Waals surface area contributed by atoms with Crippen molar-refractivity contribution in [3.05, 3.63) is 34.2 Å². The number of rotatable bonds is 4. The van der Waals surface area contributed by atoms with E-state index in [9.17, 15) is 13.6 Å². The highest BCUT2D eigenvalue weighted by molar-refractivity contribution is 5.90. The van der Waals surface area contributed by atoms with Crippen LogP contribution in [0.3, 0.4) is 0 Å². The van der Waals surface area contributed by atoms with Crippen LogP contribution in [0.15, 0.2) is 17.2 Å². The molecule has 3 saturated heterocycles. The quantitative estimate of drug-likeness (QED) is 0.443. The highest BCUT2D eigenvalue weighted by atomic mass is 19.1. The molecule has 3 fully saturated rings. The molecule has 1 amide bonds. The van der Waals surface area contributed by atoms with E-state index in [-0.39, 0.29) is 24.5 Å². The fraction of sp³-hybridized carbons (Fsp3) is 0.588. The van der Waals surface area contributed by atoms with E-state index in [1.165, 1.54) is 0 Å². The van der Waals surface area contributed by atoms with Crippen molar-refractivity contribution >= 4 is 17.5 Å². The molecule has 0 radical (unpaired) electrons. The van der Waals surface area contributed by atoms with Gasteiger partial charge in [0.2, 0.25) is 0 Å². The lowest BCUT2D eigenvalue weighted by atomic mass is 10.0. The predicted octanol–water partition coefficient (Wildman–Crippen LogP) is 2.94. The highest BCUT2D eigenvalue weighted by Gasteiger charge is 2.41. The van der Waals surface area contributed by atoms with Crippen LogP contribution in [-0.2, 0) is 14.2 Å². The van der Waals surface area contributed by atoms with Crippen molar-refractivity contribution in [2.24, 2.45) is 5.11 Å². The van der Waals surface area contributed by atoms with Crippen molar-refractivity contribution in [2.45, 2.75) is 24.7 Å². The molecule has 11 heteroatoms. The minimum Gasteiger partial charge on any atom is -0.444 e. The average molecular weight is 395 g/mol. The van der Waals surface area contributed by atoms with Crippen LogP contribution in [0.1, 0.15) is 12.8 Å². The number of piperidine rings is 1. The Bertz CT molecular complexity index is 793. The molecule has 0 bridgehead atoms. The monoisotopic (exact) mass is 395 g/mol. The van der Waals surface area contributed by atoms with Crippen LogP contribution in [-0.4, -0.2) is 57.4 Å². The zero-order valence-corrected chi connectivity index (χ0v) is 15.0. The topological polar surface area (TPSA) is 100 Å². The molecule has 3 aliphatic rings. The van der Waals surface area contributed by atoms with Gasteiger partial charge in [0.15, 0.2) is 17.4 Å². The number of azide groups is 1. The molecule has 0 aromatic heterocycles. The van der Waals surface area contributed by atoms with Gasteiger partial charge in [0.1, 0.15) is 11.8 Å². The number of carbonyl (C=O) groups excluding carboxylic acids is 1.